The van der Waals surface area contributed by atoms with Gasteiger partial charge in [-0.1, -0.05) is 46.3 Å². The lowest BCUT2D eigenvalue weighted by molar-refractivity contribution is 0.224. The van der Waals surface area contributed by atoms with E-state index in [-0.39, 0.29) is 6.61 Å². The molecule has 2 aromatic carbocycles. The van der Waals surface area contributed by atoms with Crippen molar-refractivity contribution < 1.29 is 5.11 Å². The molecule has 0 saturated heterocycles. The Hall–Kier alpha value is -1.83. The Bertz CT molecular complexity index is 637. The quantitative estimate of drug-likeness (QED) is 0.899. The lowest BCUT2D eigenvalue weighted by Gasteiger charge is -2.30. The minimum Gasteiger partial charge on any atom is -0.394 e. The third-order valence-electron chi connectivity index (χ3n) is 3.17. The molecule has 0 bridgehead atoms. The Labute approximate surface area is 127 Å². The van der Waals surface area contributed by atoms with E-state index in [0.717, 1.165) is 15.7 Å². The highest BCUT2D eigenvalue weighted by molar-refractivity contribution is 9.10. The molecular formula is C16H15BrN2O. The minimum absolute atomic E-state index is 0.0502. The number of aliphatic hydroxyl groups is 1. The van der Waals surface area contributed by atoms with Crippen molar-refractivity contribution in [3.8, 4) is 6.07 Å². The summed E-state index contributed by atoms with van der Waals surface area (Å²) in [5, 5.41) is 22.1. The maximum absolute atomic E-state index is 9.76. The van der Waals surface area contributed by atoms with Crippen LogP contribution in [0.1, 0.15) is 18.1 Å². The molecule has 3 nitrogen and oxygen atoms in total. The fourth-order valence-electron chi connectivity index (χ4n) is 2.05. The Morgan fingerprint density at radius 1 is 1.25 bits per heavy atom. The van der Waals surface area contributed by atoms with Crippen molar-refractivity contribution in [1.82, 2.24) is 0 Å². The van der Waals surface area contributed by atoms with Crippen LogP contribution < -0.4 is 5.32 Å². The van der Waals surface area contributed by atoms with E-state index in [1.165, 1.54) is 0 Å². The van der Waals surface area contributed by atoms with Gasteiger partial charge in [0.15, 0.2) is 0 Å². The van der Waals surface area contributed by atoms with Gasteiger partial charge in [0.1, 0.15) is 0 Å². The van der Waals surface area contributed by atoms with Crippen LogP contribution in [0.4, 0.5) is 5.69 Å². The van der Waals surface area contributed by atoms with Gasteiger partial charge in [-0.3, -0.25) is 0 Å². The van der Waals surface area contributed by atoms with Gasteiger partial charge in [0, 0.05) is 10.2 Å². The summed E-state index contributed by atoms with van der Waals surface area (Å²) in [5.74, 6) is 0. The summed E-state index contributed by atoms with van der Waals surface area (Å²) >= 11 is 3.39. The van der Waals surface area contributed by atoms with E-state index < -0.39 is 5.54 Å². The number of nitriles is 1. The molecule has 0 saturated carbocycles. The third-order valence-corrected chi connectivity index (χ3v) is 3.63. The number of nitrogens with one attached hydrogen (secondary N) is 1. The lowest BCUT2D eigenvalue weighted by Crippen LogP contribution is -2.35. The van der Waals surface area contributed by atoms with Crippen molar-refractivity contribution in [3.05, 3.63) is 64.1 Å². The van der Waals surface area contributed by atoms with Crippen LogP contribution in [-0.2, 0) is 5.54 Å². The highest BCUT2D eigenvalue weighted by Crippen LogP contribution is 2.28. The minimum atomic E-state index is -0.602. The van der Waals surface area contributed by atoms with Gasteiger partial charge >= 0.3 is 0 Å². The Kier molecular flexibility index (Phi) is 4.43. The Balaban J connectivity index is 2.36. The SMILES string of the molecule is CC(CO)(Nc1cc(Br)cc(C#N)c1)c1ccccc1. The zero-order valence-electron chi connectivity index (χ0n) is 11.1. The number of nitrogens with zero attached hydrogens (tertiary/aromatic N) is 1. The molecule has 0 aliphatic carbocycles. The van der Waals surface area contributed by atoms with Crippen molar-refractivity contribution in [2.24, 2.45) is 0 Å². The molecule has 0 aliphatic heterocycles. The standard InChI is InChI=1S/C16H15BrN2O/c1-16(11-20,13-5-3-2-4-6-13)19-15-8-12(10-18)7-14(17)9-15/h2-9,19-20H,11H2,1H3. The molecule has 0 heterocycles. The first-order valence-corrected chi connectivity index (χ1v) is 7.02. The van der Waals surface area contributed by atoms with Gasteiger partial charge in [-0.25, -0.2) is 0 Å². The predicted octanol–water partition coefficient (Wildman–Crippen LogP) is 3.64. The monoisotopic (exact) mass is 330 g/mol. The molecule has 0 fully saturated rings. The molecule has 0 aromatic heterocycles. The number of benzene rings is 2. The molecule has 1 unspecified atom stereocenters. The predicted molar refractivity (Wildman–Crippen MR) is 83.4 cm³/mol. The van der Waals surface area contributed by atoms with Crippen LogP contribution in [-0.4, -0.2) is 11.7 Å². The smallest absolute Gasteiger partial charge is 0.0992 e. The van der Waals surface area contributed by atoms with E-state index in [9.17, 15) is 5.11 Å². The van der Waals surface area contributed by atoms with E-state index >= 15 is 0 Å². The summed E-state index contributed by atoms with van der Waals surface area (Å²) in [6.07, 6.45) is 0. The Morgan fingerprint density at radius 2 is 1.95 bits per heavy atom. The molecule has 0 radical (unpaired) electrons. The zero-order chi connectivity index (χ0) is 14.6. The van der Waals surface area contributed by atoms with Crippen molar-refractivity contribution in [2.45, 2.75) is 12.5 Å². The maximum Gasteiger partial charge on any atom is 0.0992 e. The van der Waals surface area contributed by atoms with Crippen LogP contribution in [0.25, 0.3) is 0 Å². The summed E-state index contributed by atoms with van der Waals surface area (Å²) in [7, 11) is 0. The molecule has 2 rings (SSSR count). The molecule has 0 spiro atoms. The Morgan fingerprint density at radius 3 is 2.55 bits per heavy atom. The average molecular weight is 331 g/mol. The van der Waals surface area contributed by atoms with Gasteiger partial charge in [0.05, 0.1) is 23.8 Å². The van der Waals surface area contributed by atoms with Gasteiger partial charge in [-0.2, -0.15) is 5.26 Å². The number of aliphatic hydroxyl groups excluding tert-OH is 1. The third kappa shape index (κ3) is 3.19. The van der Waals surface area contributed by atoms with Crippen molar-refractivity contribution in [2.75, 3.05) is 11.9 Å². The van der Waals surface area contributed by atoms with Crippen LogP contribution in [0.2, 0.25) is 0 Å². The fourth-order valence-corrected chi connectivity index (χ4v) is 2.55. The van der Waals surface area contributed by atoms with Gasteiger partial charge in [-0.15, -0.1) is 0 Å². The molecule has 20 heavy (non-hydrogen) atoms. The van der Waals surface area contributed by atoms with Gasteiger partial charge in [0.25, 0.3) is 0 Å². The van der Waals surface area contributed by atoms with Crippen molar-refractivity contribution in [3.63, 3.8) is 0 Å². The number of anilines is 1. The van der Waals surface area contributed by atoms with Gasteiger partial charge in [0.2, 0.25) is 0 Å². The maximum atomic E-state index is 9.76. The summed E-state index contributed by atoms with van der Waals surface area (Å²) in [4.78, 5) is 0. The van der Waals surface area contributed by atoms with E-state index in [1.807, 2.05) is 43.3 Å². The van der Waals surface area contributed by atoms with Gasteiger partial charge < -0.3 is 10.4 Å². The number of halogens is 1. The second-order valence-electron chi connectivity index (χ2n) is 4.82. The molecular weight excluding hydrogens is 316 g/mol. The highest BCUT2D eigenvalue weighted by atomic mass is 79.9. The first-order chi connectivity index (χ1) is 9.57. The second kappa shape index (κ2) is 6.08. The van der Waals surface area contributed by atoms with E-state index in [2.05, 4.69) is 27.3 Å². The normalized spacial score (nSPS) is 13.3. The van der Waals surface area contributed by atoms with Crippen molar-refractivity contribution >= 4 is 21.6 Å². The number of rotatable bonds is 4. The van der Waals surface area contributed by atoms with Crippen LogP contribution in [0, 0.1) is 11.3 Å². The summed E-state index contributed by atoms with van der Waals surface area (Å²) in [6.45, 7) is 1.88. The molecule has 2 aromatic rings. The van der Waals surface area contributed by atoms with Crippen LogP contribution in [0.5, 0.6) is 0 Å². The second-order valence-corrected chi connectivity index (χ2v) is 5.74. The van der Waals surface area contributed by atoms with Gasteiger partial charge in [-0.05, 0) is 30.7 Å². The van der Waals surface area contributed by atoms with Crippen LogP contribution in [0.3, 0.4) is 0 Å². The molecule has 2 N–H and O–H groups in total. The van der Waals surface area contributed by atoms with Crippen LogP contribution >= 0.6 is 15.9 Å². The zero-order valence-corrected chi connectivity index (χ0v) is 12.7. The molecule has 4 heteroatoms. The number of hydrogen-bond acceptors (Lipinski definition) is 3. The topological polar surface area (TPSA) is 56.0 Å². The first-order valence-electron chi connectivity index (χ1n) is 6.23. The molecule has 102 valence electrons. The molecule has 0 aliphatic rings. The summed E-state index contributed by atoms with van der Waals surface area (Å²) in [5.41, 5.74) is 1.74. The van der Waals surface area contributed by atoms with Crippen molar-refractivity contribution in [1.29, 1.82) is 5.26 Å². The van der Waals surface area contributed by atoms with E-state index in [0.29, 0.717) is 5.56 Å². The molecule has 0 amide bonds. The van der Waals surface area contributed by atoms with E-state index in [1.54, 1.807) is 12.1 Å². The van der Waals surface area contributed by atoms with E-state index in [4.69, 9.17) is 5.26 Å². The first kappa shape index (κ1) is 14.6. The fraction of sp³-hybridized carbons (Fsp3) is 0.188. The lowest BCUT2D eigenvalue weighted by atomic mass is 9.92. The van der Waals surface area contributed by atoms with Crippen LogP contribution in [0.15, 0.2) is 53.0 Å². The summed E-state index contributed by atoms with van der Waals surface area (Å²) in [6, 6.07) is 17.3. The summed E-state index contributed by atoms with van der Waals surface area (Å²) < 4.78 is 0.826. The molecule has 1 atom stereocenters. The largest absolute Gasteiger partial charge is 0.394 e. The number of hydrogen-bond donors (Lipinski definition) is 2. The average Bonchev–Trinajstić information content (AvgIpc) is 2.47. The highest BCUT2D eigenvalue weighted by Gasteiger charge is 2.25.